The number of anilines is 1. The van der Waals surface area contributed by atoms with Crippen LogP contribution in [-0.2, 0) is 6.42 Å². The highest BCUT2D eigenvalue weighted by molar-refractivity contribution is 9.10. The van der Waals surface area contributed by atoms with E-state index in [9.17, 15) is 9.59 Å². The van der Waals surface area contributed by atoms with Gasteiger partial charge in [-0.25, -0.2) is 0 Å². The summed E-state index contributed by atoms with van der Waals surface area (Å²) in [6, 6.07) is 11.1. The smallest absolute Gasteiger partial charge is 0.261 e. The normalized spacial score (nSPS) is 15.1. The molecule has 0 unspecified atom stereocenters. The molecule has 1 atom stereocenters. The van der Waals surface area contributed by atoms with Gasteiger partial charge in [0.05, 0.1) is 12.1 Å². The Morgan fingerprint density at radius 2 is 2.04 bits per heavy atom. The summed E-state index contributed by atoms with van der Waals surface area (Å²) in [4.78, 5) is 25.8. The average molecular weight is 427 g/mol. The van der Waals surface area contributed by atoms with E-state index in [-0.39, 0.29) is 17.0 Å². The number of carbonyl (C=O) groups excluding carboxylic acids is 1. The maximum absolute atomic E-state index is 13.0. The first-order valence-corrected chi connectivity index (χ1v) is 9.68. The van der Waals surface area contributed by atoms with Crippen molar-refractivity contribution in [1.82, 2.24) is 4.57 Å². The molecule has 0 saturated carbocycles. The highest BCUT2D eigenvalue weighted by Crippen LogP contribution is 2.33. The second-order valence-electron chi connectivity index (χ2n) is 6.70. The summed E-state index contributed by atoms with van der Waals surface area (Å²) < 4.78 is 8.29. The van der Waals surface area contributed by atoms with E-state index in [1.54, 1.807) is 36.5 Å². The Morgan fingerprint density at radius 1 is 1.30 bits per heavy atom. The number of hydrogen-bond donors (Lipinski definition) is 1. The van der Waals surface area contributed by atoms with Crippen LogP contribution in [0, 0.1) is 0 Å². The molecule has 1 aromatic heterocycles. The molecule has 1 amide bonds. The largest absolute Gasteiger partial charge is 0.494 e. The van der Waals surface area contributed by atoms with E-state index < -0.39 is 5.91 Å². The SMILES string of the molecule is CCOc1ccc(NC(=O)c2cn3c4c(cc(Br)cc4c2=O)C[C@H]3C)cc1. The highest BCUT2D eigenvalue weighted by Gasteiger charge is 2.25. The van der Waals surface area contributed by atoms with Crippen LogP contribution in [-0.4, -0.2) is 17.1 Å². The fraction of sp³-hybridized carbons (Fsp3) is 0.238. The second kappa shape index (κ2) is 6.85. The quantitative estimate of drug-likeness (QED) is 0.666. The van der Waals surface area contributed by atoms with Crippen LogP contribution in [0.5, 0.6) is 5.75 Å². The lowest BCUT2D eigenvalue weighted by molar-refractivity contribution is 0.102. The van der Waals surface area contributed by atoms with Crippen LogP contribution >= 0.6 is 15.9 Å². The van der Waals surface area contributed by atoms with Crippen LogP contribution in [0.25, 0.3) is 10.9 Å². The number of amides is 1. The lowest BCUT2D eigenvalue weighted by Crippen LogP contribution is -2.23. The lowest BCUT2D eigenvalue weighted by Gasteiger charge is -2.13. The number of pyridine rings is 1. The first-order chi connectivity index (χ1) is 13.0. The van der Waals surface area contributed by atoms with Gasteiger partial charge in [-0.15, -0.1) is 0 Å². The fourth-order valence-electron chi connectivity index (χ4n) is 3.62. The molecule has 1 N–H and O–H groups in total. The number of ether oxygens (including phenoxy) is 1. The van der Waals surface area contributed by atoms with Crippen LogP contribution in [0.3, 0.4) is 0 Å². The van der Waals surface area contributed by atoms with Crippen LogP contribution in [0.15, 0.2) is 51.9 Å². The Bertz CT molecular complexity index is 1100. The summed E-state index contributed by atoms with van der Waals surface area (Å²) in [6.45, 7) is 4.59. The highest BCUT2D eigenvalue weighted by atomic mass is 79.9. The predicted octanol–water partition coefficient (Wildman–Crippen LogP) is 4.53. The monoisotopic (exact) mass is 426 g/mol. The van der Waals surface area contributed by atoms with Gasteiger partial charge in [0.15, 0.2) is 0 Å². The van der Waals surface area contributed by atoms with Gasteiger partial charge in [-0.1, -0.05) is 15.9 Å². The zero-order valence-corrected chi connectivity index (χ0v) is 16.7. The van der Waals surface area contributed by atoms with Gasteiger partial charge < -0.3 is 14.6 Å². The Labute approximate surface area is 165 Å². The number of nitrogens with zero attached hydrogens (tertiary/aromatic N) is 1. The molecule has 0 bridgehead atoms. The van der Waals surface area contributed by atoms with Crippen molar-refractivity contribution in [2.24, 2.45) is 0 Å². The Morgan fingerprint density at radius 3 is 2.74 bits per heavy atom. The zero-order valence-electron chi connectivity index (χ0n) is 15.1. The van der Waals surface area contributed by atoms with Crippen LogP contribution in [0.2, 0.25) is 0 Å². The van der Waals surface area contributed by atoms with Crippen molar-refractivity contribution in [3.05, 3.63) is 68.4 Å². The number of carbonyl (C=O) groups is 1. The van der Waals surface area contributed by atoms with Gasteiger partial charge in [-0.05, 0) is 62.2 Å². The summed E-state index contributed by atoms with van der Waals surface area (Å²) >= 11 is 3.48. The van der Waals surface area contributed by atoms with Crippen LogP contribution in [0.1, 0.15) is 35.8 Å². The predicted molar refractivity (Wildman–Crippen MR) is 110 cm³/mol. The van der Waals surface area contributed by atoms with Gasteiger partial charge in [0.25, 0.3) is 5.91 Å². The molecule has 1 aliphatic heterocycles. The molecule has 5 nitrogen and oxygen atoms in total. The van der Waals surface area contributed by atoms with Crippen molar-refractivity contribution in [2.45, 2.75) is 26.3 Å². The number of halogens is 1. The van der Waals surface area contributed by atoms with Crippen LogP contribution in [0.4, 0.5) is 5.69 Å². The van der Waals surface area contributed by atoms with E-state index in [1.807, 2.05) is 17.6 Å². The molecule has 0 fully saturated rings. The molecule has 0 radical (unpaired) electrons. The molecule has 2 aromatic carbocycles. The van der Waals surface area contributed by atoms with E-state index in [2.05, 4.69) is 28.2 Å². The molecule has 27 heavy (non-hydrogen) atoms. The van der Waals surface area contributed by atoms with Gasteiger partial charge in [0, 0.05) is 27.8 Å². The molecule has 6 heteroatoms. The molecule has 0 aliphatic carbocycles. The maximum atomic E-state index is 13.0. The van der Waals surface area contributed by atoms with E-state index in [0.717, 1.165) is 27.7 Å². The Balaban J connectivity index is 1.73. The molecular formula is C21H19BrN2O3. The molecule has 4 rings (SSSR count). The summed E-state index contributed by atoms with van der Waals surface area (Å²) in [5.74, 6) is 0.330. The number of nitrogens with one attached hydrogen (secondary N) is 1. The van der Waals surface area contributed by atoms with E-state index in [1.165, 1.54) is 0 Å². The third kappa shape index (κ3) is 3.14. The minimum absolute atomic E-state index is 0.147. The van der Waals surface area contributed by atoms with E-state index in [0.29, 0.717) is 17.7 Å². The Hall–Kier alpha value is -2.60. The summed E-state index contributed by atoms with van der Waals surface area (Å²) in [5, 5.41) is 3.38. The fourth-order valence-corrected chi connectivity index (χ4v) is 4.13. The van der Waals surface area contributed by atoms with Crippen LogP contribution < -0.4 is 15.5 Å². The summed E-state index contributed by atoms with van der Waals surface area (Å²) in [5.41, 5.74) is 2.57. The first-order valence-electron chi connectivity index (χ1n) is 8.89. The summed E-state index contributed by atoms with van der Waals surface area (Å²) in [7, 11) is 0. The average Bonchev–Trinajstić information content (AvgIpc) is 2.95. The van der Waals surface area contributed by atoms with E-state index in [4.69, 9.17) is 4.74 Å². The molecule has 138 valence electrons. The third-order valence-corrected chi connectivity index (χ3v) is 5.29. The minimum Gasteiger partial charge on any atom is -0.494 e. The van der Waals surface area contributed by atoms with E-state index >= 15 is 0 Å². The van der Waals surface area contributed by atoms with Crippen molar-refractivity contribution in [3.63, 3.8) is 0 Å². The van der Waals surface area contributed by atoms with Crippen molar-refractivity contribution >= 4 is 38.4 Å². The molecule has 3 aromatic rings. The number of hydrogen-bond acceptors (Lipinski definition) is 3. The minimum atomic E-state index is -0.407. The Kier molecular flexibility index (Phi) is 4.52. The third-order valence-electron chi connectivity index (χ3n) is 4.83. The van der Waals surface area contributed by atoms with Crippen molar-refractivity contribution in [3.8, 4) is 5.75 Å². The second-order valence-corrected chi connectivity index (χ2v) is 7.62. The molecule has 0 spiro atoms. The van der Waals surface area contributed by atoms with Gasteiger partial charge in [-0.2, -0.15) is 0 Å². The van der Waals surface area contributed by atoms with Gasteiger partial charge in [0.2, 0.25) is 5.43 Å². The molecule has 2 heterocycles. The number of aromatic nitrogens is 1. The summed E-state index contributed by atoms with van der Waals surface area (Å²) in [6.07, 6.45) is 2.53. The van der Waals surface area contributed by atoms with Crippen molar-refractivity contribution in [1.29, 1.82) is 0 Å². The lowest BCUT2D eigenvalue weighted by atomic mass is 10.1. The standard InChI is InChI=1S/C21H19BrN2O3/c1-3-27-16-6-4-15(5-7-16)23-21(26)18-11-24-12(2)8-13-9-14(22)10-17(19(13)24)20(18)25/h4-7,9-12H,3,8H2,1-2H3,(H,23,26)/t12-/m1/s1. The number of rotatable bonds is 4. The first kappa shape index (κ1) is 17.8. The van der Waals surface area contributed by atoms with Crippen molar-refractivity contribution < 1.29 is 9.53 Å². The van der Waals surface area contributed by atoms with Gasteiger partial charge >= 0.3 is 0 Å². The van der Waals surface area contributed by atoms with Crippen molar-refractivity contribution in [2.75, 3.05) is 11.9 Å². The molecule has 1 aliphatic rings. The van der Waals surface area contributed by atoms with Gasteiger partial charge in [-0.3, -0.25) is 9.59 Å². The molecule has 0 saturated heterocycles. The topological polar surface area (TPSA) is 60.3 Å². The zero-order chi connectivity index (χ0) is 19.1. The maximum Gasteiger partial charge on any atom is 0.261 e. The van der Waals surface area contributed by atoms with Gasteiger partial charge in [0.1, 0.15) is 11.3 Å². The molecular weight excluding hydrogens is 408 g/mol. The number of benzene rings is 2.